The number of carbonyl (C=O) groups is 4. The number of alkyl carbamates (subject to hydrolysis) is 1. The van der Waals surface area contributed by atoms with Crippen molar-refractivity contribution < 1.29 is 28.7 Å². The second-order valence-corrected chi connectivity index (χ2v) is 12.8. The van der Waals surface area contributed by atoms with Gasteiger partial charge < -0.3 is 34.6 Å². The molecule has 2 aliphatic heterocycles. The lowest BCUT2D eigenvalue weighted by Gasteiger charge is -2.27. The number of benzene rings is 2. The minimum Gasteiger partial charge on any atom is -0.469 e. The summed E-state index contributed by atoms with van der Waals surface area (Å²) in [5.74, 6) is 6.96. The highest BCUT2D eigenvalue weighted by Gasteiger charge is 2.37. The van der Waals surface area contributed by atoms with Crippen LogP contribution in [0.1, 0.15) is 93.7 Å². The second kappa shape index (κ2) is 15.0. The van der Waals surface area contributed by atoms with Gasteiger partial charge in [0.25, 0.3) is 0 Å². The molecular weight excluding hydrogens is 638 g/mol. The van der Waals surface area contributed by atoms with Gasteiger partial charge >= 0.3 is 12.1 Å². The van der Waals surface area contributed by atoms with E-state index in [1.54, 1.807) is 4.90 Å². The van der Waals surface area contributed by atoms with Crippen molar-refractivity contribution in [3.05, 3.63) is 59.2 Å². The number of aromatic nitrogens is 4. The Kier molecular flexibility index (Phi) is 10.4. The average molecular weight is 682 g/mol. The van der Waals surface area contributed by atoms with Gasteiger partial charge in [0.1, 0.15) is 17.7 Å². The van der Waals surface area contributed by atoms with Crippen LogP contribution in [0.25, 0.3) is 22.1 Å². The molecule has 13 heteroatoms. The van der Waals surface area contributed by atoms with E-state index in [9.17, 15) is 19.2 Å². The van der Waals surface area contributed by atoms with Gasteiger partial charge in [-0.3, -0.25) is 14.4 Å². The van der Waals surface area contributed by atoms with Crippen molar-refractivity contribution in [2.75, 3.05) is 27.3 Å². The molecule has 3 amide bonds. The summed E-state index contributed by atoms with van der Waals surface area (Å²) in [6, 6.07) is 10.6. The fourth-order valence-corrected chi connectivity index (χ4v) is 6.97. The molecule has 3 N–H and O–H groups in total. The number of rotatable bonds is 9. The predicted octanol–water partition coefficient (Wildman–Crippen LogP) is 4.89. The Morgan fingerprint density at radius 3 is 1.84 bits per heavy atom. The highest BCUT2D eigenvalue weighted by atomic mass is 16.5. The summed E-state index contributed by atoms with van der Waals surface area (Å²) in [4.78, 5) is 70.5. The van der Waals surface area contributed by atoms with Crippen LogP contribution < -0.4 is 5.32 Å². The van der Waals surface area contributed by atoms with Crippen molar-refractivity contribution in [3.63, 3.8) is 0 Å². The van der Waals surface area contributed by atoms with E-state index in [4.69, 9.17) is 19.4 Å². The van der Waals surface area contributed by atoms with E-state index in [-0.39, 0.29) is 36.3 Å². The lowest BCUT2D eigenvalue weighted by atomic mass is 10.00. The molecule has 13 nitrogen and oxygen atoms in total. The third kappa shape index (κ3) is 7.15. The quantitative estimate of drug-likeness (QED) is 0.166. The maximum absolute atomic E-state index is 13.4. The van der Waals surface area contributed by atoms with E-state index in [0.29, 0.717) is 31.8 Å². The number of H-pyrrole nitrogens is 2. The molecule has 0 saturated carbocycles. The molecule has 262 valence electrons. The lowest BCUT2D eigenvalue weighted by Crippen LogP contribution is -2.48. The molecule has 2 aliphatic rings. The zero-order chi connectivity index (χ0) is 35.4. The molecular formula is C37H43N7O6. The van der Waals surface area contributed by atoms with Crippen LogP contribution in [-0.4, -0.2) is 87.0 Å². The number of aromatic amines is 2. The molecule has 0 spiro atoms. The molecule has 1 unspecified atom stereocenters. The van der Waals surface area contributed by atoms with Gasteiger partial charge in [0.2, 0.25) is 11.8 Å². The number of nitrogens with one attached hydrogen (secondary N) is 3. The van der Waals surface area contributed by atoms with Gasteiger partial charge in [-0.05, 0) is 74.9 Å². The van der Waals surface area contributed by atoms with Crippen molar-refractivity contribution in [3.8, 4) is 11.8 Å². The van der Waals surface area contributed by atoms with Gasteiger partial charge in [0, 0.05) is 30.1 Å². The van der Waals surface area contributed by atoms with Crippen LogP contribution in [0.3, 0.4) is 0 Å². The van der Waals surface area contributed by atoms with Crippen LogP contribution in [0.15, 0.2) is 36.4 Å². The highest BCUT2D eigenvalue weighted by Crippen LogP contribution is 2.34. The van der Waals surface area contributed by atoms with E-state index in [1.807, 2.05) is 55.1 Å². The van der Waals surface area contributed by atoms with Gasteiger partial charge in [0.05, 0.1) is 54.8 Å². The highest BCUT2D eigenvalue weighted by molar-refractivity contribution is 5.87. The summed E-state index contributed by atoms with van der Waals surface area (Å²) in [6.45, 7) is 4.98. The molecule has 2 aromatic heterocycles. The van der Waals surface area contributed by atoms with Crippen molar-refractivity contribution in [2.24, 2.45) is 5.92 Å². The van der Waals surface area contributed by atoms with Crippen LogP contribution in [0.5, 0.6) is 0 Å². The zero-order valence-corrected chi connectivity index (χ0v) is 28.9. The third-order valence-corrected chi connectivity index (χ3v) is 9.72. The number of imidazole rings is 2. The van der Waals surface area contributed by atoms with Crippen LogP contribution in [0.4, 0.5) is 4.79 Å². The molecule has 4 aromatic rings. The molecule has 4 atom stereocenters. The number of ether oxygens (including phenoxy) is 2. The number of hydrogen-bond donors (Lipinski definition) is 3. The largest absolute Gasteiger partial charge is 0.469 e. The molecule has 50 heavy (non-hydrogen) atoms. The maximum Gasteiger partial charge on any atom is 0.407 e. The van der Waals surface area contributed by atoms with E-state index in [0.717, 1.165) is 64.7 Å². The second-order valence-electron chi connectivity index (χ2n) is 12.8. The standard InChI is InChI=1S/C37H43N7O6/c1-5-24(21-32(45)49-3)35(46)43-17-7-9-30(43)33-38-26-15-13-22(19-28(26)40-33)11-12-23-14-16-27-29(20-23)41-34(39-27)31-10-8-18-44(31)36(47)25(6-2)42-37(48)50-4/h13-16,19-20,24-25,30-31H,5-10,17-18,21H2,1-4H3,(H,38,40)(H,39,41)(H,42,48)/t24-,25+,30?,31+/m1/s1. The van der Waals surface area contributed by atoms with Gasteiger partial charge in [-0.25, -0.2) is 14.8 Å². The first-order chi connectivity index (χ1) is 24.2. The van der Waals surface area contributed by atoms with Crippen LogP contribution >= 0.6 is 0 Å². The number of hydrogen-bond acceptors (Lipinski definition) is 8. The van der Waals surface area contributed by atoms with Crippen LogP contribution in [0.2, 0.25) is 0 Å². The zero-order valence-electron chi connectivity index (χ0n) is 28.9. The average Bonchev–Trinajstić information content (AvgIpc) is 3.95. The first kappa shape index (κ1) is 34.5. The van der Waals surface area contributed by atoms with E-state index in [1.165, 1.54) is 14.2 Å². The molecule has 0 aliphatic carbocycles. The van der Waals surface area contributed by atoms with Crippen LogP contribution in [0, 0.1) is 17.8 Å². The number of carbonyl (C=O) groups excluding carboxylic acids is 4. The summed E-state index contributed by atoms with van der Waals surface area (Å²) in [7, 11) is 2.62. The fourth-order valence-electron chi connectivity index (χ4n) is 6.97. The number of fused-ring (bicyclic) bond motifs is 2. The Bertz CT molecular complexity index is 1830. The minimum atomic E-state index is -0.665. The monoisotopic (exact) mass is 681 g/mol. The van der Waals surface area contributed by atoms with Gasteiger partial charge in [-0.2, -0.15) is 0 Å². The molecule has 2 aromatic carbocycles. The van der Waals surface area contributed by atoms with Crippen molar-refractivity contribution in [1.82, 2.24) is 35.1 Å². The number of likely N-dealkylation sites (tertiary alicyclic amines) is 2. The molecule has 2 saturated heterocycles. The Labute approximate surface area is 290 Å². The maximum atomic E-state index is 13.4. The summed E-state index contributed by atoms with van der Waals surface area (Å²) in [6.07, 6.45) is 3.73. The summed E-state index contributed by atoms with van der Waals surface area (Å²) in [5, 5.41) is 2.64. The summed E-state index contributed by atoms with van der Waals surface area (Å²) < 4.78 is 9.51. The van der Waals surface area contributed by atoms with Gasteiger partial charge in [0.15, 0.2) is 0 Å². The summed E-state index contributed by atoms with van der Waals surface area (Å²) in [5.41, 5.74) is 4.86. The van der Waals surface area contributed by atoms with E-state index in [2.05, 4.69) is 27.1 Å². The molecule has 0 radical (unpaired) electrons. The Morgan fingerprint density at radius 2 is 1.36 bits per heavy atom. The normalized spacial score (nSPS) is 18.5. The number of methoxy groups -OCH3 is 2. The first-order valence-electron chi connectivity index (χ1n) is 17.3. The summed E-state index contributed by atoms with van der Waals surface area (Å²) >= 11 is 0. The molecule has 6 rings (SSSR count). The van der Waals surface area contributed by atoms with Crippen molar-refractivity contribution in [1.29, 1.82) is 0 Å². The molecule has 2 fully saturated rings. The SMILES string of the molecule is CC[C@H](CC(=O)OC)C(=O)N1CCCC1c1nc2ccc(C#Cc3ccc4nc([C@@H]5CCCN5C(=O)[C@H](CC)NC(=O)OC)[nH]c4c3)cc2[nH]1. The first-order valence-corrected chi connectivity index (χ1v) is 17.3. The topological polar surface area (TPSA) is 163 Å². The van der Waals surface area contributed by atoms with Gasteiger partial charge in [-0.1, -0.05) is 25.7 Å². The smallest absolute Gasteiger partial charge is 0.407 e. The van der Waals surface area contributed by atoms with E-state index < -0.39 is 18.1 Å². The van der Waals surface area contributed by atoms with E-state index >= 15 is 0 Å². The third-order valence-electron chi connectivity index (χ3n) is 9.72. The lowest BCUT2D eigenvalue weighted by molar-refractivity contribution is -0.147. The fraction of sp³-hybridized carbons (Fsp3) is 0.459. The number of esters is 1. The Hall–Kier alpha value is -5.38. The molecule has 4 heterocycles. The van der Waals surface area contributed by atoms with Crippen molar-refractivity contribution >= 4 is 45.9 Å². The molecule has 0 bridgehead atoms. The predicted molar refractivity (Wildman–Crippen MR) is 186 cm³/mol. The number of nitrogens with zero attached hydrogens (tertiary/aromatic N) is 4. The minimum absolute atomic E-state index is 0.0408. The Morgan fingerprint density at radius 1 is 0.820 bits per heavy atom. The van der Waals surface area contributed by atoms with Crippen molar-refractivity contribution in [2.45, 2.75) is 76.9 Å². The van der Waals surface area contributed by atoms with Gasteiger partial charge in [-0.15, -0.1) is 0 Å². The van der Waals surface area contributed by atoms with Crippen LogP contribution in [-0.2, 0) is 23.9 Å². The number of amides is 3. The Balaban J connectivity index is 1.17.